The maximum absolute atomic E-state index is 12.2. The summed E-state index contributed by atoms with van der Waals surface area (Å²) in [5.41, 5.74) is 2.26. The van der Waals surface area contributed by atoms with Crippen molar-refractivity contribution in [1.29, 1.82) is 0 Å². The third-order valence-corrected chi connectivity index (χ3v) is 4.41. The largest absolute Gasteiger partial charge is 0.493 e. The highest BCUT2D eigenvalue weighted by Gasteiger charge is 2.14. The second-order valence-corrected chi connectivity index (χ2v) is 6.16. The lowest BCUT2D eigenvalue weighted by Gasteiger charge is -2.05. The fraction of sp³-hybridized carbons (Fsp3) is 0.0952. The maximum Gasteiger partial charge on any atom is 0.328 e. The van der Waals surface area contributed by atoms with E-state index in [9.17, 15) is 9.90 Å². The predicted octanol–water partition coefficient (Wildman–Crippen LogP) is 3.67. The molecule has 0 radical (unpaired) electrons. The van der Waals surface area contributed by atoms with Gasteiger partial charge in [-0.15, -0.1) is 0 Å². The van der Waals surface area contributed by atoms with Gasteiger partial charge in [-0.3, -0.25) is 4.57 Å². The van der Waals surface area contributed by atoms with Crippen LogP contribution < -0.4 is 5.69 Å². The van der Waals surface area contributed by atoms with Crippen molar-refractivity contribution in [2.45, 2.75) is 13.0 Å². The number of aromatic hydroxyl groups is 1. The summed E-state index contributed by atoms with van der Waals surface area (Å²) >= 11 is 0. The van der Waals surface area contributed by atoms with E-state index < -0.39 is 0 Å². The normalized spacial score (nSPS) is 11.0. The highest BCUT2D eigenvalue weighted by atomic mass is 16.3. The number of fused-ring (bicyclic) bond motifs is 1. The van der Waals surface area contributed by atoms with Crippen molar-refractivity contribution in [1.82, 2.24) is 9.55 Å². The molecule has 4 nitrogen and oxygen atoms in total. The Hall–Kier alpha value is -3.27. The molecule has 2 N–H and O–H groups in total. The number of hydrogen-bond acceptors (Lipinski definition) is 2. The van der Waals surface area contributed by atoms with E-state index in [1.54, 1.807) is 0 Å². The molecule has 0 aliphatic carbocycles. The maximum atomic E-state index is 12.2. The van der Waals surface area contributed by atoms with Gasteiger partial charge in [0, 0.05) is 6.42 Å². The lowest BCUT2D eigenvalue weighted by atomic mass is 10.0. The molecule has 0 aliphatic rings. The van der Waals surface area contributed by atoms with Crippen molar-refractivity contribution in [2.75, 3.05) is 0 Å². The lowest BCUT2D eigenvalue weighted by molar-refractivity contribution is 0.417. The summed E-state index contributed by atoms with van der Waals surface area (Å²) in [6.07, 6.45) is 0.480. The van der Waals surface area contributed by atoms with Crippen LogP contribution in [0.25, 0.3) is 10.8 Å². The monoisotopic (exact) mass is 330 g/mol. The average Bonchev–Trinajstić information content (AvgIpc) is 2.90. The summed E-state index contributed by atoms with van der Waals surface area (Å²) in [6.45, 7) is 0.347. The molecule has 0 spiro atoms. The van der Waals surface area contributed by atoms with Gasteiger partial charge in [0.05, 0.1) is 12.2 Å². The third-order valence-electron chi connectivity index (χ3n) is 4.41. The van der Waals surface area contributed by atoms with Crippen LogP contribution in [0.4, 0.5) is 0 Å². The second kappa shape index (κ2) is 6.32. The first-order valence-electron chi connectivity index (χ1n) is 8.23. The zero-order valence-corrected chi connectivity index (χ0v) is 13.6. The molecule has 124 valence electrons. The Morgan fingerprint density at radius 1 is 0.840 bits per heavy atom. The Kier molecular flexibility index (Phi) is 3.86. The molecule has 0 fully saturated rings. The highest BCUT2D eigenvalue weighted by Crippen LogP contribution is 2.21. The summed E-state index contributed by atoms with van der Waals surface area (Å²) in [5.74, 6) is 0.00186. The number of H-pyrrole nitrogens is 1. The molecule has 0 amide bonds. The van der Waals surface area contributed by atoms with Gasteiger partial charge in [-0.05, 0) is 21.9 Å². The zero-order chi connectivity index (χ0) is 17.2. The van der Waals surface area contributed by atoms with Crippen LogP contribution >= 0.6 is 0 Å². The molecule has 0 saturated carbocycles. The molecular formula is C21H18N2O2. The number of nitrogens with one attached hydrogen (secondary N) is 1. The van der Waals surface area contributed by atoms with E-state index in [4.69, 9.17) is 0 Å². The van der Waals surface area contributed by atoms with Crippen LogP contribution in [-0.4, -0.2) is 14.7 Å². The first-order chi connectivity index (χ1) is 12.2. The molecule has 3 aromatic carbocycles. The Balaban J connectivity index is 1.64. The van der Waals surface area contributed by atoms with Gasteiger partial charge in [0.15, 0.2) is 0 Å². The molecule has 25 heavy (non-hydrogen) atoms. The van der Waals surface area contributed by atoms with E-state index in [0.29, 0.717) is 18.7 Å². The Morgan fingerprint density at radius 2 is 1.56 bits per heavy atom. The summed E-state index contributed by atoms with van der Waals surface area (Å²) in [5, 5.41) is 12.8. The van der Waals surface area contributed by atoms with E-state index in [-0.39, 0.29) is 11.6 Å². The SMILES string of the molecule is O=c1[nH]c(Cc2ccc3ccccc3c2)c(O)n1Cc1ccccc1. The van der Waals surface area contributed by atoms with Crippen molar-refractivity contribution in [3.8, 4) is 5.88 Å². The predicted molar refractivity (Wildman–Crippen MR) is 99.0 cm³/mol. The molecule has 0 saturated heterocycles. The van der Waals surface area contributed by atoms with Gasteiger partial charge < -0.3 is 10.1 Å². The fourth-order valence-electron chi connectivity index (χ4n) is 3.10. The standard InChI is InChI=1S/C21H18N2O2/c24-20-19(13-16-10-11-17-8-4-5-9-18(17)12-16)22-21(25)23(20)14-15-6-2-1-3-7-15/h1-12,24H,13-14H2,(H,22,25). The van der Waals surface area contributed by atoms with Crippen molar-refractivity contribution in [3.05, 3.63) is 100 Å². The van der Waals surface area contributed by atoms with Crippen LogP contribution in [0, 0.1) is 0 Å². The van der Waals surface area contributed by atoms with Crippen molar-refractivity contribution < 1.29 is 5.11 Å². The van der Waals surface area contributed by atoms with E-state index in [1.165, 1.54) is 9.95 Å². The number of hydrogen-bond donors (Lipinski definition) is 2. The number of nitrogens with zero attached hydrogens (tertiary/aromatic N) is 1. The molecule has 4 heteroatoms. The van der Waals surface area contributed by atoms with Gasteiger partial charge in [-0.25, -0.2) is 4.79 Å². The van der Waals surface area contributed by atoms with E-state index in [1.807, 2.05) is 48.5 Å². The van der Waals surface area contributed by atoms with Gasteiger partial charge in [0.25, 0.3) is 0 Å². The molecule has 0 atom stereocenters. The van der Waals surface area contributed by atoms with Crippen LogP contribution in [0.2, 0.25) is 0 Å². The van der Waals surface area contributed by atoms with Gasteiger partial charge in [-0.2, -0.15) is 0 Å². The lowest BCUT2D eigenvalue weighted by Crippen LogP contribution is -2.17. The van der Waals surface area contributed by atoms with E-state index >= 15 is 0 Å². The van der Waals surface area contributed by atoms with E-state index in [2.05, 4.69) is 29.2 Å². The smallest absolute Gasteiger partial charge is 0.328 e. The summed E-state index contributed by atoms with van der Waals surface area (Å²) in [4.78, 5) is 15.0. The van der Waals surface area contributed by atoms with Crippen molar-refractivity contribution in [2.24, 2.45) is 0 Å². The number of aromatic nitrogens is 2. The summed E-state index contributed by atoms with van der Waals surface area (Å²) in [7, 11) is 0. The molecule has 4 rings (SSSR count). The number of aromatic amines is 1. The third kappa shape index (κ3) is 3.06. The van der Waals surface area contributed by atoms with Crippen LogP contribution in [0.5, 0.6) is 5.88 Å². The van der Waals surface area contributed by atoms with Gasteiger partial charge in [0.2, 0.25) is 5.88 Å². The molecule has 1 aromatic heterocycles. The Bertz CT molecular complexity index is 1080. The topological polar surface area (TPSA) is 58.0 Å². The van der Waals surface area contributed by atoms with Crippen LogP contribution in [0.3, 0.4) is 0 Å². The minimum Gasteiger partial charge on any atom is -0.493 e. The van der Waals surface area contributed by atoms with Gasteiger partial charge in [-0.1, -0.05) is 72.8 Å². The fourth-order valence-corrected chi connectivity index (χ4v) is 3.10. The zero-order valence-electron chi connectivity index (χ0n) is 13.6. The highest BCUT2D eigenvalue weighted by molar-refractivity contribution is 5.83. The number of rotatable bonds is 4. The summed E-state index contributed by atoms with van der Waals surface area (Å²) < 4.78 is 1.37. The van der Waals surface area contributed by atoms with Gasteiger partial charge >= 0.3 is 5.69 Å². The minimum absolute atomic E-state index is 0.00186. The second-order valence-electron chi connectivity index (χ2n) is 6.16. The first-order valence-corrected chi connectivity index (χ1v) is 8.23. The molecule has 0 aliphatic heterocycles. The van der Waals surface area contributed by atoms with Crippen molar-refractivity contribution in [3.63, 3.8) is 0 Å². The van der Waals surface area contributed by atoms with Gasteiger partial charge in [0.1, 0.15) is 0 Å². The average molecular weight is 330 g/mol. The molecule has 0 bridgehead atoms. The van der Waals surface area contributed by atoms with E-state index in [0.717, 1.165) is 16.5 Å². The summed E-state index contributed by atoms with van der Waals surface area (Å²) in [6, 6.07) is 23.9. The Labute approximate surface area is 145 Å². The first kappa shape index (κ1) is 15.3. The molecule has 0 unspecified atom stereocenters. The van der Waals surface area contributed by atoms with Crippen LogP contribution in [0.15, 0.2) is 77.6 Å². The van der Waals surface area contributed by atoms with Crippen LogP contribution in [0.1, 0.15) is 16.8 Å². The quantitative estimate of drug-likeness (QED) is 0.600. The van der Waals surface area contributed by atoms with Crippen molar-refractivity contribution >= 4 is 10.8 Å². The minimum atomic E-state index is -0.294. The molecular weight excluding hydrogens is 312 g/mol. The number of benzene rings is 3. The van der Waals surface area contributed by atoms with Crippen LogP contribution in [-0.2, 0) is 13.0 Å². The Morgan fingerprint density at radius 3 is 2.36 bits per heavy atom. The molecule has 1 heterocycles. The molecule has 4 aromatic rings. The number of imidazole rings is 1.